The van der Waals surface area contributed by atoms with E-state index in [1.807, 2.05) is 0 Å². The SMILES string of the molecule is CCCCCN[C@H](CCC(=O)ON)C(=O)ON. The molecule has 5 N–H and O–H groups in total. The maximum absolute atomic E-state index is 11.3. The molecular formula is C10H21N3O4. The Hall–Kier alpha value is -1.18. The number of rotatable bonds is 9. The lowest BCUT2D eigenvalue weighted by molar-refractivity contribution is -0.148. The smallest absolute Gasteiger partial charge is 0.341 e. The molecule has 0 saturated carbocycles. The molecule has 0 unspecified atom stereocenters. The van der Waals surface area contributed by atoms with E-state index in [-0.39, 0.29) is 12.8 Å². The number of nitrogens with two attached hydrogens (primary N) is 2. The van der Waals surface area contributed by atoms with Crippen LogP contribution in [0.25, 0.3) is 0 Å². The molecule has 17 heavy (non-hydrogen) atoms. The maximum atomic E-state index is 11.3. The maximum Gasteiger partial charge on any atom is 0.341 e. The zero-order chi connectivity index (χ0) is 13.1. The summed E-state index contributed by atoms with van der Waals surface area (Å²) in [5, 5.41) is 2.98. The molecule has 0 fully saturated rings. The van der Waals surface area contributed by atoms with Crippen LogP contribution in [-0.4, -0.2) is 24.5 Å². The van der Waals surface area contributed by atoms with Crippen molar-refractivity contribution in [2.45, 2.75) is 45.1 Å². The number of carbonyl (C=O) groups is 2. The molecule has 0 aliphatic heterocycles. The molecule has 7 heteroatoms. The van der Waals surface area contributed by atoms with E-state index in [4.69, 9.17) is 11.8 Å². The van der Waals surface area contributed by atoms with Gasteiger partial charge in [-0.3, -0.25) is 4.79 Å². The molecule has 0 aliphatic carbocycles. The summed E-state index contributed by atoms with van der Waals surface area (Å²) >= 11 is 0. The third-order valence-corrected chi connectivity index (χ3v) is 2.34. The summed E-state index contributed by atoms with van der Waals surface area (Å²) in [5.74, 6) is 8.34. The van der Waals surface area contributed by atoms with Crippen LogP contribution in [0.2, 0.25) is 0 Å². The number of hydrogen-bond acceptors (Lipinski definition) is 7. The Bertz CT molecular complexity index is 236. The van der Waals surface area contributed by atoms with Crippen LogP contribution in [0.1, 0.15) is 39.0 Å². The van der Waals surface area contributed by atoms with E-state index in [1.165, 1.54) is 0 Å². The van der Waals surface area contributed by atoms with E-state index < -0.39 is 18.0 Å². The van der Waals surface area contributed by atoms with Gasteiger partial charge in [-0.15, -0.1) is 0 Å². The van der Waals surface area contributed by atoms with Crippen LogP contribution in [0.15, 0.2) is 0 Å². The van der Waals surface area contributed by atoms with Crippen LogP contribution in [0.4, 0.5) is 0 Å². The third-order valence-electron chi connectivity index (χ3n) is 2.34. The topological polar surface area (TPSA) is 117 Å². The minimum Gasteiger partial charge on any atom is -0.373 e. The molecule has 0 amide bonds. The van der Waals surface area contributed by atoms with E-state index in [9.17, 15) is 9.59 Å². The lowest BCUT2D eigenvalue weighted by Gasteiger charge is -2.14. The highest BCUT2D eigenvalue weighted by Crippen LogP contribution is 2.01. The van der Waals surface area contributed by atoms with Crippen molar-refractivity contribution in [1.82, 2.24) is 5.32 Å². The second-order valence-electron chi connectivity index (χ2n) is 3.68. The summed E-state index contributed by atoms with van der Waals surface area (Å²) in [6.07, 6.45) is 3.40. The molecule has 0 saturated heterocycles. The van der Waals surface area contributed by atoms with Crippen molar-refractivity contribution in [3.8, 4) is 0 Å². The lowest BCUT2D eigenvalue weighted by atomic mass is 10.1. The predicted molar refractivity (Wildman–Crippen MR) is 61.1 cm³/mol. The van der Waals surface area contributed by atoms with Gasteiger partial charge in [-0.1, -0.05) is 19.8 Å². The highest BCUT2D eigenvalue weighted by molar-refractivity contribution is 5.77. The van der Waals surface area contributed by atoms with Crippen molar-refractivity contribution in [2.24, 2.45) is 11.8 Å². The van der Waals surface area contributed by atoms with Gasteiger partial charge >= 0.3 is 11.9 Å². The fourth-order valence-corrected chi connectivity index (χ4v) is 1.36. The molecule has 0 spiro atoms. The number of hydrogen-bond donors (Lipinski definition) is 3. The summed E-state index contributed by atoms with van der Waals surface area (Å²) < 4.78 is 0. The van der Waals surface area contributed by atoms with Crippen molar-refractivity contribution in [1.29, 1.82) is 0 Å². The summed E-state index contributed by atoms with van der Waals surface area (Å²) in [4.78, 5) is 30.3. The van der Waals surface area contributed by atoms with Gasteiger partial charge in [-0.05, 0) is 19.4 Å². The second-order valence-corrected chi connectivity index (χ2v) is 3.68. The largest absolute Gasteiger partial charge is 0.373 e. The first-order valence-corrected chi connectivity index (χ1v) is 5.69. The minimum atomic E-state index is -0.601. The molecule has 0 bridgehead atoms. The first-order chi connectivity index (χ1) is 8.15. The average molecular weight is 247 g/mol. The first kappa shape index (κ1) is 15.8. The normalized spacial score (nSPS) is 11.9. The molecule has 0 aromatic heterocycles. The van der Waals surface area contributed by atoms with Crippen molar-refractivity contribution in [2.75, 3.05) is 6.54 Å². The fraction of sp³-hybridized carbons (Fsp3) is 0.800. The molecule has 100 valence electrons. The second kappa shape index (κ2) is 10.0. The summed E-state index contributed by atoms with van der Waals surface area (Å²) in [7, 11) is 0. The Labute approximate surface area is 101 Å². The number of nitrogens with one attached hydrogen (secondary N) is 1. The fourth-order valence-electron chi connectivity index (χ4n) is 1.36. The zero-order valence-corrected chi connectivity index (χ0v) is 10.1. The molecule has 0 aromatic carbocycles. The minimum absolute atomic E-state index is 0.0387. The van der Waals surface area contributed by atoms with Gasteiger partial charge in [0, 0.05) is 6.42 Å². The third kappa shape index (κ3) is 7.67. The Morgan fingerprint density at radius 1 is 1.24 bits per heavy atom. The van der Waals surface area contributed by atoms with Gasteiger partial charge in [0.05, 0.1) is 0 Å². The average Bonchev–Trinajstić information content (AvgIpc) is 2.36. The standard InChI is InChI=1S/C10H21N3O4/c1-2-3-4-7-13-8(10(15)17-12)5-6-9(14)16-11/h8,13H,2-7,11-12H2,1H3/t8-/m1/s1. The van der Waals surface area contributed by atoms with Gasteiger partial charge in [-0.25, -0.2) is 4.79 Å². The number of unbranched alkanes of at least 4 members (excludes halogenated alkanes) is 2. The van der Waals surface area contributed by atoms with E-state index in [0.29, 0.717) is 6.54 Å². The Balaban J connectivity index is 3.97. The van der Waals surface area contributed by atoms with Crippen molar-refractivity contribution in [3.05, 3.63) is 0 Å². The Morgan fingerprint density at radius 3 is 2.47 bits per heavy atom. The monoisotopic (exact) mass is 247 g/mol. The molecule has 0 aromatic rings. The first-order valence-electron chi connectivity index (χ1n) is 5.69. The summed E-state index contributed by atoms with van der Waals surface area (Å²) in [6, 6.07) is -0.601. The van der Waals surface area contributed by atoms with E-state index >= 15 is 0 Å². The van der Waals surface area contributed by atoms with Gasteiger partial charge < -0.3 is 15.0 Å². The van der Waals surface area contributed by atoms with Crippen LogP contribution in [0.5, 0.6) is 0 Å². The quantitative estimate of drug-likeness (QED) is 0.380. The molecule has 0 aliphatic rings. The van der Waals surface area contributed by atoms with Gasteiger partial charge in [0.15, 0.2) is 0 Å². The van der Waals surface area contributed by atoms with Gasteiger partial charge in [-0.2, -0.15) is 11.8 Å². The Kier molecular flexibility index (Phi) is 9.31. The molecule has 0 heterocycles. The van der Waals surface area contributed by atoms with Crippen LogP contribution < -0.4 is 17.1 Å². The molecule has 0 radical (unpaired) electrons. The summed E-state index contributed by atoms with van der Waals surface area (Å²) in [6.45, 7) is 2.76. The molecule has 7 nitrogen and oxygen atoms in total. The van der Waals surface area contributed by atoms with Crippen LogP contribution in [0, 0.1) is 0 Å². The molecule has 1 atom stereocenters. The molecule has 0 rings (SSSR count). The van der Waals surface area contributed by atoms with Crippen molar-refractivity contribution in [3.63, 3.8) is 0 Å². The Morgan fingerprint density at radius 2 is 1.94 bits per heavy atom. The van der Waals surface area contributed by atoms with Crippen molar-refractivity contribution < 1.29 is 19.3 Å². The highest BCUT2D eigenvalue weighted by Gasteiger charge is 2.20. The van der Waals surface area contributed by atoms with E-state index in [2.05, 4.69) is 21.9 Å². The predicted octanol–water partition coefficient (Wildman–Crippen LogP) is -0.251. The lowest BCUT2D eigenvalue weighted by Crippen LogP contribution is -2.40. The molecular weight excluding hydrogens is 226 g/mol. The van der Waals surface area contributed by atoms with Gasteiger partial charge in [0.2, 0.25) is 0 Å². The van der Waals surface area contributed by atoms with Gasteiger partial charge in [0.25, 0.3) is 0 Å². The van der Waals surface area contributed by atoms with E-state index in [0.717, 1.165) is 19.3 Å². The van der Waals surface area contributed by atoms with Crippen LogP contribution in [0.3, 0.4) is 0 Å². The van der Waals surface area contributed by atoms with Crippen molar-refractivity contribution >= 4 is 11.9 Å². The van der Waals surface area contributed by atoms with E-state index in [1.54, 1.807) is 0 Å². The van der Waals surface area contributed by atoms with Crippen LogP contribution >= 0.6 is 0 Å². The highest BCUT2D eigenvalue weighted by atomic mass is 16.7. The van der Waals surface area contributed by atoms with Gasteiger partial charge in [0.1, 0.15) is 6.04 Å². The summed E-state index contributed by atoms with van der Waals surface area (Å²) in [5.41, 5.74) is 0. The zero-order valence-electron chi connectivity index (χ0n) is 10.1. The van der Waals surface area contributed by atoms with Crippen LogP contribution in [-0.2, 0) is 19.3 Å². The number of carbonyl (C=O) groups excluding carboxylic acids is 2.